The first-order valence-electron chi connectivity index (χ1n) is 9.16. The lowest BCUT2D eigenvalue weighted by Crippen LogP contribution is -2.44. The second kappa shape index (κ2) is 8.37. The number of thiophene rings is 1. The highest BCUT2D eigenvalue weighted by atomic mass is 32.1. The van der Waals surface area contributed by atoms with Crippen molar-refractivity contribution >= 4 is 40.3 Å². The van der Waals surface area contributed by atoms with Crippen LogP contribution in [-0.2, 0) is 0 Å². The topological polar surface area (TPSA) is 73.4 Å². The van der Waals surface area contributed by atoms with Crippen LogP contribution < -0.4 is 15.5 Å². The summed E-state index contributed by atoms with van der Waals surface area (Å²) in [6.07, 6.45) is 0. The summed E-state index contributed by atoms with van der Waals surface area (Å²) in [5.74, 6) is 0.875. The van der Waals surface area contributed by atoms with Gasteiger partial charge in [-0.2, -0.15) is 0 Å². The van der Waals surface area contributed by atoms with E-state index >= 15 is 0 Å². The molecule has 0 bridgehead atoms. The van der Waals surface area contributed by atoms with Gasteiger partial charge in [0.2, 0.25) is 0 Å². The Hall–Kier alpha value is -2.97. The lowest BCUT2D eigenvalue weighted by molar-refractivity contribution is 0.103. The minimum atomic E-state index is -0.176. The Bertz CT molecular complexity index is 903. The van der Waals surface area contributed by atoms with E-state index in [-0.39, 0.29) is 5.91 Å². The molecule has 2 N–H and O–H groups in total. The molecule has 0 atom stereocenters. The van der Waals surface area contributed by atoms with Crippen LogP contribution in [0.5, 0.6) is 0 Å². The zero-order chi connectivity index (χ0) is 19.3. The molecule has 3 aromatic rings. The smallest absolute Gasteiger partial charge is 0.266 e. The Morgan fingerprint density at radius 2 is 1.68 bits per heavy atom. The SMILES string of the molecule is CN1CCN(c2ccc(Nc3ccc(NC(=O)c4cccs4)nn3)cc2)CC1. The summed E-state index contributed by atoms with van der Waals surface area (Å²) in [5.41, 5.74) is 2.18. The van der Waals surface area contributed by atoms with Gasteiger partial charge in [0.05, 0.1) is 4.88 Å². The fraction of sp³-hybridized carbons (Fsp3) is 0.250. The van der Waals surface area contributed by atoms with Crippen molar-refractivity contribution < 1.29 is 4.79 Å². The van der Waals surface area contributed by atoms with Crippen LogP contribution in [0, 0.1) is 0 Å². The maximum absolute atomic E-state index is 12.0. The van der Waals surface area contributed by atoms with Gasteiger partial charge in [0.1, 0.15) is 0 Å². The number of carbonyl (C=O) groups is 1. The first-order chi connectivity index (χ1) is 13.7. The fourth-order valence-electron chi connectivity index (χ4n) is 3.02. The fourth-order valence-corrected chi connectivity index (χ4v) is 3.64. The Balaban J connectivity index is 1.34. The minimum absolute atomic E-state index is 0.176. The predicted molar refractivity (Wildman–Crippen MR) is 114 cm³/mol. The van der Waals surface area contributed by atoms with Gasteiger partial charge in [-0.1, -0.05) is 6.07 Å². The highest BCUT2D eigenvalue weighted by Gasteiger charge is 2.14. The molecule has 1 aromatic carbocycles. The molecule has 8 heteroatoms. The van der Waals surface area contributed by atoms with Crippen LogP contribution in [0.2, 0.25) is 0 Å². The van der Waals surface area contributed by atoms with Gasteiger partial charge >= 0.3 is 0 Å². The van der Waals surface area contributed by atoms with Gasteiger partial charge in [0.25, 0.3) is 5.91 Å². The molecule has 1 fully saturated rings. The van der Waals surface area contributed by atoms with Crippen LogP contribution in [0.1, 0.15) is 9.67 Å². The van der Waals surface area contributed by atoms with Gasteiger partial charge in [-0.25, -0.2) is 0 Å². The number of aromatic nitrogens is 2. The van der Waals surface area contributed by atoms with Crippen molar-refractivity contribution in [2.24, 2.45) is 0 Å². The van der Waals surface area contributed by atoms with Crippen LogP contribution in [0.4, 0.5) is 23.0 Å². The van der Waals surface area contributed by atoms with Gasteiger partial charge < -0.3 is 20.4 Å². The zero-order valence-electron chi connectivity index (χ0n) is 15.6. The highest BCUT2D eigenvalue weighted by Crippen LogP contribution is 2.21. The monoisotopic (exact) mass is 394 g/mol. The summed E-state index contributed by atoms with van der Waals surface area (Å²) in [6.45, 7) is 4.27. The molecule has 144 valence electrons. The van der Waals surface area contributed by atoms with Gasteiger partial charge in [-0.15, -0.1) is 21.5 Å². The summed E-state index contributed by atoms with van der Waals surface area (Å²) in [7, 11) is 2.16. The van der Waals surface area contributed by atoms with Crippen molar-refractivity contribution in [1.29, 1.82) is 0 Å². The Morgan fingerprint density at radius 1 is 0.964 bits per heavy atom. The molecule has 0 radical (unpaired) electrons. The Morgan fingerprint density at radius 3 is 2.32 bits per heavy atom. The predicted octanol–water partition coefficient (Wildman–Crippen LogP) is 3.29. The number of rotatable bonds is 5. The molecule has 7 nitrogen and oxygen atoms in total. The number of hydrogen-bond acceptors (Lipinski definition) is 7. The van der Waals surface area contributed by atoms with E-state index in [9.17, 15) is 4.79 Å². The maximum Gasteiger partial charge on any atom is 0.266 e. The average Bonchev–Trinajstić information content (AvgIpc) is 3.26. The number of anilines is 4. The molecule has 1 aliphatic rings. The van der Waals surface area contributed by atoms with E-state index in [4.69, 9.17) is 0 Å². The van der Waals surface area contributed by atoms with Crippen LogP contribution in [0.25, 0.3) is 0 Å². The molecule has 0 aliphatic carbocycles. The van der Waals surface area contributed by atoms with Crippen LogP contribution in [0.15, 0.2) is 53.9 Å². The Labute approximate surface area is 168 Å². The normalized spacial score (nSPS) is 14.7. The standard InChI is InChI=1S/C20H22N6OS/c1-25-10-12-26(13-11-25)16-6-4-15(5-7-16)21-18-8-9-19(24-23-18)22-20(27)17-3-2-14-28-17/h2-9,14H,10-13H2,1H3,(H,21,23)(H,22,24,27). The number of piperazine rings is 1. The second-order valence-electron chi connectivity index (χ2n) is 6.70. The number of hydrogen-bond donors (Lipinski definition) is 2. The first kappa shape index (κ1) is 18.4. The summed E-state index contributed by atoms with van der Waals surface area (Å²) in [6, 6.07) is 15.5. The minimum Gasteiger partial charge on any atom is -0.369 e. The number of likely N-dealkylation sites (N-methyl/N-ethyl adjacent to an activating group) is 1. The molecule has 0 spiro atoms. The molecule has 1 aliphatic heterocycles. The molecule has 0 saturated carbocycles. The number of benzene rings is 1. The van der Waals surface area contributed by atoms with Gasteiger partial charge in [0, 0.05) is 37.6 Å². The van der Waals surface area contributed by atoms with Crippen LogP contribution >= 0.6 is 11.3 Å². The molecule has 4 rings (SSSR count). The lowest BCUT2D eigenvalue weighted by Gasteiger charge is -2.34. The van der Waals surface area contributed by atoms with E-state index in [1.165, 1.54) is 17.0 Å². The molecule has 1 amide bonds. The highest BCUT2D eigenvalue weighted by molar-refractivity contribution is 7.12. The van der Waals surface area contributed by atoms with E-state index in [2.05, 4.69) is 49.8 Å². The summed E-state index contributed by atoms with van der Waals surface area (Å²) in [4.78, 5) is 17.4. The third-order valence-corrected chi connectivity index (χ3v) is 5.53. The largest absolute Gasteiger partial charge is 0.369 e. The van der Waals surface area contributed by atoms with E-state index in [1.54, 1.807) is 18.2 Å². The van der Waals surface area contributed by atoms with Crippen molar-refractivity contribution in [1.82, 2.24) is 15.1 Å². The molecular formula is C20H22N6OS. The van der Waals surface area contributed by atoms with Gasteiger partial charge in [-0.3, -0.25) is 4.79 Å². The maximum atomic E-state index is 12.0. The van der Waals surface area contributed by atoms with Crippen molar-refractivity contribution in [2.45, 2.75) is 0 Å². The van der Waals surface area contributed by atoms with Gasteiger partial charge in [-0.05, 0) is 54.9 Å². The van der Waals surface area contributed by atoms with E-state index in [0.717, 1.165) is 31.9 Å². The number of nitrogens with one attached hydrogen (secondary N) is 2. The van der Waals surface area contributed by atoms with E-state index in [1.807, 2.05) is 23.6 Å². The summed E-state index contributed by atoms with van der Waals surface area (Å²) in [5, 5.41) is 16.1. The van der Waals surface area contributed by atoms with Crippen molar-refractivity contribution in [3.63, 3.8) is 0 Å². The zero-order valence-corrected chi connectivity index (χ0v) is 16.4. The second-order valence-corrected chi connectivity index (χ2v) is 7.65. The molecule has 0 unspecified atom stereocenters. The summed E-state index contributed by atoms with van der Waals surface area (Å²) < 4.78 is 0. The quantitative estimate of drug-likeness (QED) is 0.692. The number of amides is 1. The van der Waals surface area contributed by atoms with E-state index < -0.39 is 0 Å². The van der Waals surface area contributed by atoms with E-state index in [0.29, 0.717) is 16.5 Å². The van der Waals surface area contributed by atoms with Crippen LogP contribution in [-0.4, -0.2) is 54.2 Å². The van der Waals surface area contributed by atoms with Crippen molar-refractivity contribution in [3.05, 3.63) is 58.8 Å². The molecular weight excluding hydrogens is 372 g/mol. The lowest BCUT2D eigenvalue weighted by atomic mass is 10.2. The average molecular weight is 395 g/mol. The van der Waals surface area contributed by atoms with Gasteiger partial charge in [0.15, 0.2) is 11.6 Å². The molecule has 2 aromatic heterocycles. The van der Waals surface area contributed by atoms with Crippen LogP contribution in [0.3, 0.4) is 0 Å². The Kier molecular flexibility index (Phi) is 5.50. The summed E-state index contributed by atoms with van der Waals surface area (Å²) >= 11 is 1.39. The number of carbonyl (C=O) groups excluding carboxylic acids is 1. The molecule has 1 saturated heterocycles. The third-order valence-electron chi connectivity index (χ3n) is 4.66. The molecule has 28 heavy (non-hydrogen) atoms. The third kappa shape index (κ3) is 4.47. The van der Waals surface area contributed by atoms with Crippen molar-refractivity contribution in [3.8, 4) is 0 Å². The van der Waals surface area contributed by atoms with Crippen molar-refractivity contribution in [2.75, 3.05) is 48.8 Å². The molecule has 3 heterocycles. The first-order valence-corrected chi connectivity index (χ1v) is 10.0. The number of nitrogens with zero attached hydrogens (tertiary/aromatic N) is 4.